The lowest BCUT2D eigenvalue weighted by molar-refractivity contribution is -0.306. The van der Waals surface area contributed by atoms with Crippen molar-refractivity contribution >= 4 is 11.7 Å². The quantitative estimate of drug-likeness (QED) is 0.823. The number of aliphatic carboxylic acids is 1. The van der Waals surface area contributed by atoms with Crippen LogP contribution in [0.2, 0.25) is 0 Å². The monoisotopic (exact) mass is 334 g/mol. The number of anilines is 1. The van der Waals surface area contributed by atoms with Gasteiger partial charge in [0, 0.05) is 5.69 Å². The Morgan fingerprint density at radius 2 is 1.58 bits per heavy atom. The zero-order chi connectivity index (χ0) is 17.7. The van der Waals surface area contributed by atoms with E-state index >= 15 is 0 Å². The van der Waals surface area contributed by atoms with Gasteiger partial charge in [0.05, 0.1) is 17.6 Å². The summed E-state index contributed by atoms with van der Waals surface area (Å²) >= 11 is 0. The van der Waals surface area contributed by atoms with E-state index in [1.54, 1.807) is 24.3 Å². The Morgan fingerprint density at radius 3 is 2.00 bits per heavy atom. The summed E-state index contributed by atoms with van der Waals surface area (Å²) in [4.78, 5) is 11.0. The number of hydrogen-bond donors (Lipinski definition) is 1. The van der Waals surface area contributed by atoms with E-state index in [1.807, 2.05) is 0 Å². The molecule has 2 rings (SSSR count). The molecule has 1 unspecified atom stereocenters. The number of nitrogens with one attached hydrogen (secondary N) is 1. The molecule has 0 fully saturated rings. The number of carboxylic acid groups (broad SMARTS) is 1. The van der Waals surface area contributed by atoms with Gasteiger partial charge in [-0.1, -0.05) is 30.3 Å². The summed E-state index contributed by atoms with van der Waals surface area (Å²) in [5.74, 6) is -1.23. The molecule has 0 aromatic heterocycles. The summed E-state index contributed by atoms with van der Waals surface area (Å²) in [6.45, 7) is 3.49. The molecule has 24 heavy (non-hydrogen) atoms. The third-order valence-corrected chi connectivity index (χ3v) is 3.46. The fourth-order valence-electron chi connectivity index (χ4n) is 2.19. The molecule has 0 aliphatic rings. The highest BCUT2D eigenvalue weighted by molar-refractivity contribution is 5.76. The van der Waals surface area contributed by atoms with Crippen molar-refractivity contribution < 1.29 is 23.1 Å². The molecule has 0 saturated heterocycles. The van der Waals surface area contributed by atoms with Gasteiger partial charge in [0.1, 0.15) is 0 Å². The summed E-state index contributed by atoms with van der Waals surface area (Å²) in [6.07, 6.45) is -2.68. The highest BCUT2D eigenvalue weighted by atomic mass is 19.4. The smallest absolute Gasteiger partial charge is 0.416 e. The predicted octanol–water partition coefficient (Wildman–Crippen LogP) is 3.48. The molecule has 0 saturated carbocycles. The van der Waals surface area contributed by atoms with Gasteiger partial charge < -0.3 is 15.2 Å². The average molecular weight is 334 g/mol. The molecule has 2 aromatic carbocycles. The average Bonchev–Trinajstić information content (AvgIpc) is 2.54. The van der Waals surface area contributed by atoms with Crippen molar-refractivity contribution in [2.75, 3.05) is 5.32 Å². The number of hydrogen-bond acceptors (Lipinski definition) is 3. The van der Waals surface area contributed by atoms with Gasteiger partial charge in [0.2, 0.25) is 0 Å². The van der Waals surface area contributed by atoms with Gasteiger partial charge in [0.15, 0.2) is 0 Å². The van der Waals surface area contributed by atoms with Crippen molar-refractivity contribution in [3.05, 3.63) is 66.7 Å². The Hall–Kier alpha value is -2.76. The molecule has 0 amide bonds. The largest absolute Gasteiger partial charge is 0.548 e. The van der Waals surface area contributed by atoms with Gasteiger partial charge in [-0.2, -0.15) is 13.2 Å². The van der Waals surface area contributed by atoms with Gasteiger partial charge >= 0.3 is 6.18 Å². The van der Waals surface area contributed by atoms with E-state index in [1.165, 1.54) is 18.2 Å². The molecule has 1 atom stereocenters. The lowest BCUT2D eigenvalue weighted by Gasteiger charge is -2.19. The van der Waals surface area contributed by atoms with E-state index in [-0.39, 0.29) is 6.42 Å². The lowest BCUT2D eigenvalue weighted by Crippen LogP contribution is -2.40. The maximum atomic E-state index is 12.6. The zero-order valence-corrected chi connectivity index (χ0v) is 12.6. The van der Waals surface area contributed by atoms with Crippen LogP contribution in [-0.4, -0.2) is 12.0 Å². The predicted molar refractivity (Wildman–Crippen MR) is 84.1 cm³/mol. The molecular weight excluding hydrogens is 319 g/mol. The van der Waals surface area contributed by atoms with Gasteiger partial charge in [-0.25, -0.2) is 0 Å². The van der Waals surface area contributed by atoms with E-state index in [9.17, 15) is 23.1 Å². The summed E-state index contributed by atoms with van der Waals surface area (Å²) in [5.41, 5.74) is 1.23. The zero-order valence-electron chi connectivity index (χ0n) is 12.6. The molecule has 0 aliphatic heterocycles. The van der Waals surface area contributed by atoms with Crippen LogP contribution in [-0.2, 0) is 11.0 Å². The Kier molecular flexibility index (Phi) is 5.28. The Bertz CT molecular complexity index is 707. The molecule has 2 aromatic rings. The molecule has 0 aliphatic carbocycles. The standard InChI is InChI=1S/C18H16F3NO2/c1-2-3-16(17(23)24)22-15-10-6-13(7-11-15)12-4-8-14(9-5-12)18(19,20)21/h2,4-11,16,22H,1,3H2,(H,23,24)/p-1. The molecule has 126 valence electrons. The number of carbonyl (C=O) groups excluding carboxylic acids is 1. The highest BCUT2D eigenvalue weighted by Gasteiger charge is 2.29. The summed E-state index contributed by atoms with van der Waals surface area (Å²) < 4.78 is 37.7. The van der Waals surface area contributed by atoms with Crippen molar-refractivity contribution in [3.63, 3.8) is 0 Å². The minimum Gasteiger partial charge on any atom is -0.548 e. The maximum Gasteiger partial charge on any atom is 0.416 e. The van der Waals surface area contributed by atoms with Gasteiger partial charge in [-0.05, 0) is 41.8 Å². The molecule has 0 bridgehead atoms. The second-order valence-electron chi connectivity index (χ2n) is 5.19. The first-order chi connectivity index (χ1) is 11.3. The SMILES string of the molecule is C=CCC(Nc1ccc(-c2ccc(C(F)(F)F)cc2)cc1)C(=O)[O-]. The number of rotatable bonds is 6. The first-order valence-corrected chi connectivity index (χ1v) is 7.17. The normalized spacial score (nSPS) is 12.5. The van der Waals surface area contributed by atoms with Crippen LogP contribution in [0.3, 0.4) is 0 Å². The third kappa shape index (κ3) is 4.38. The van der Waals surface area contributed by atoms with Crippen molar-refractivity contribution in [2.24, 2.45) is 0 Å². The highest BCUT2D eigenvalue weighted by Crippen LogP contribution is 2.31. The van der Waals surface area contributed by atoms with Crippen LogP contribution in [0.25, 0.3) is 11.1 Å². The Balaban J connectivity index is 2.14. The second kappa shape index (κ2) is 7.21. The molecule has 0 heterocycles. The van der Waals surface area contributed by atoms with Crippen LogP contribution in [0, 0.1) is 0 Å². The van der Waals surface area contributed by atoms with Crippen LogP contribution in [0.1, 0.15) is 12.0 Å². The summed E-state index contributed by atoms with van der Waals surface area (Å²) in [7, 11) is 0. The lowest BCUT2D eigenvalue weighted by atomic mass is 10.0. The van der Waals surface area contributed by atoms with E-state index < -0.39 is 23.8 Å². The van der Waals surface area contributed by atoms with Crippen LogP contribution >= 0.6 is 0 Å². The van der Waals surface area contributed by atoms with Crippen LogP contribution in [0.5, 0.6) is 0 Å². The van der Waals surface area contributed by atoms with Gasteiger partial charge in [-0.3, -0.25) is 0 Å². The Morgan fingerprint density at radius 1 is 1.08 bits per heavy atom. The van der Waals surface area contributed by atoms with E-state index in [0.29, 0.717) is 11.3 Å². The van der Waals surface area contributed by atoms with E-state index in [2.05, 4.69) is 11.9 Å². The van der Waals surface area contributed by atoms with Gasteiger partial charge in [-0.15, -0.1) is 6.58 Å². The molecular formula is C18H15F3NO2-. The third-order valence-electron chi connectivity index (χ3n) is 3.46. The first-order valence-electron chi connectivity index (χ1n) is 7.17. The molecule has 0 spiro atoms. The number of alkyl halides is 3. The van der Waals surface area contributed by atoms with E-state index in [4.69, 9.17) is 0 Å². The van der Waals surface area contributed by atoms with Gasteiger partial charge in [0.25, 0.3) is 0 Å². The molecule has 6 heteroatoms. The van der Waals surface area contributed by atoms with Crippen molar-refractivity contribution in [1.29, 1.82) is 0 Å². The molecule has 0 radical (unpaired) electrons. The summed E-state index contributed by atoms with van der Waals surface area (Å²) in [6, 6.07) is 10.7. The summed E-state index contributed by atoms with van der Waals surface area (Å²) in [5, 5.41) is 13.8. The number of carbonyl (C=O) groups is 1. The van der Waals surface area contributed by atoms with Crippen molar-refractivity contribution in [2.45, 2.75) is 18.6 Å². The topological polar surface area (TPSA) is 52.2 Å². The minimum atomic E-state index is -4.36. The minimum absolute atomic E-state index is 0.211. The fraction of sp³-hybridized carbons (Fsp3) is 0.167. The maximum absolute atomic E-state index is 12.6. The molecule has 1 N–H and O–H groups in total. The fourth-order valence-corrected chi connectivity index (χ4v) is 2.19. The Labute approximate surface area is 137 Å². The number of benzene rings is 2. The van der Waals surface area contributed by atoms with Crippen LogP contribution < -0.4 is 10.4 Å². The van der Waals surface area contributed by atoms with E-state index in [0.717, 1.165) is 17.7 Å². The first kappa shape index (κ1) is 17.6. The number of halogens is 3. The molecule has 3 nitrogen and oxygen atoms in total. The van der Waals surface area contributed by atoms with Crippen molar-refractivity contribution in [1.82, 2.24) is 0 Å². The van der Waals surface area contributed by atoms with Crippen LogP contribution in [0.15, 0.2) is 61.2 Å². The number of carboxylic acids is 1. The van der Waals surface area contributed by atoms with Crippen molar-refractivity contribution in [3.8, 4) is 11.1 Å². The second-order valence-corrected chi connectivity index (χ2v) is 5.19. The van der Waals surface area contributed by atoms with Crippen LogP contribution in [0.4, 0.5) is 18.9 Å².